The van der Waals surface area contributed by atoms with Crippen LogP contribution >= 0.6 is 0 Å². The molecule has 0 aromatic carbocycles. The Morgan fingerprint density at radius 2 is 1.75 bits per heavy atom. The molecule has 5 heteroatoms. The van der Waals surface area contributed by atoms with E-state index in [0.29, 0.717) is 0 Å². The number of carbonyl (C=O) groups is 2. The van der Waals surface area contributed by atoms with Crippen molar-refractivity contribution < 1.29 is 9.59 Å². The van der Waals surface area contributed by atoms with E-state index in [4.69, 9.17) is 5.73 Å². The lowest BCUT2D eigenvalue weighted by molar-refractivity contribution is -0.136. The standard InChI is InChI=1S/C11H21N3O2/c1-8(12)10(15)13-9(2)11(16)14-6-4-3-5-7-14/h8-9H,3-7,12H2,1-2H3,(H,13,15)/t8-,9+/m1/s1. The van der Waals surface area contributed by atoms with Gasteiger partial charge < -0.3 is 16.0 Å². The Hall–Kier alpha value is -1.10. The Morgan fingerprint density at radius 3 is 2.25 bits per heavy atom. The Morgan fingerprint density at radius 1 is 1.19 bits per heavy atom. The average molecular weight is 227 g/mol. The highest BCUT2D eigenvalue weighted by Gasteiger charge is 2.23. The summed E-state index contributed by atoms with van der Waals surface area (Å²) >= 11 is 0. The molecular formula is C11H21N3O2. The molecule has 1 fully saturated rings. The van der Waals surface area contributed by atoms with Crippen LogP contribution in [0.25, 0.3) is 0 Å². The van der Waals surface area contributed by atoms with Gasteiger partial charge in [-0.15, -0.1) is 0 Å². The number of hydrogen-bond acceptors (Lipinski definition) is 3. The van der Waals surface area contributed by atoms with Crippen molar-refractivity contribution in [2.24, 2.45) is 5.73 Å². The molecular weight excluding hydrogens is 206 g/mol. The third-order valence-corrected chi connectivity index (χ3v) is 2.81. The lowest BCUT2D eigenvalue weighted by Gasteiger charge is -2.29. The lowest BCUT2D eigenvalue weighted by atomic mass is 10.1. The Labute approximate surface area is 96.4 Å². The zero-order valence-electron chi connectivity index (χ0n) is 10.0. The highest BCUT2D eigenvalue weighted by molar-refractivity contribution is 5.89. The summed E-state index contributed by atoms with van der Waals surface area (Å²) in [7, 11) is 0. The molecule has 0 spiro atoms. The van der Waals surface area contributed by atoms with E-state index in [-0.39, 0.29) is 11.8 Å². The van der Waals surface area contributed by atoms with Gasteiger partial charge in [0.25, 0.3) is 0 Å². The van der Waals surface area contributed by atoms with E-state index in [0.717, 1.165) is 25.9 Å². The molecule has 5 nitrogen and oxygen atoms in total. The second-order valence-electron chi connectivity index (χ2n) is 4.40. The Balaban J connectivity index is 2.43. The topological polar surface area (TPSA) is 75.4 Å². The van der Waals surface area contributed by atoms with E-state index in [1.54, 1.807) is 13.8 Å². The summed E-state index contributed by atoms with van der Waals surface area (Å²) < 4.78 is 0. The van der Waals surface area contributed by atoms with Crippen LogP contribution in [0, 0.1) is 0 Å². The average Bonchev–Trinajstić information content (AvgIpc) is 2.28. The van der Waals surface area contributed by atoms with E-state index < -0.39 is 12.1 Å². The second-order valence-corrected chi connectivity index (χ2v) is 4.40. The van der Waals surface area contributed by atoms with Gasteiger partial charge in [-0.3, -0.25) is 9.59 Å². The lowest BCUT2D eigenvalue weighted by Crippen LogP contribution is -2.51. The summed E-state index contributed by atoms with van der Waals surface area (Å²) in [5.41, 5.74) is 5.43. The predicted octanol–water partition coefficient (Wildman–Crippen LogP) is -0.149. The molecule has 0 bridgehead atoms. The number of rotatable bonds is 3. The van der Waals surface area contributed by atoms with Gasteiger partial charge in [-0.25, -0.2) is 0 Å². The third kappa shape index (κ3) is 3.48. The van der Waals surface area contributed by atoms with Gasteiger partial charge >= 0.3 is 0 Å². The molecule has 3 N–H and O–H groups in total. The van der Waals surface area contributed by atoms with Crippen LogP contribution in [0.4, 0.5) is 0 Å². The molecule has 0 aliphatic carbocycles. The minimum Gasteiger partial charge on any atom is -0.343 e. The summed E-state index contributed by atoms with van der Waals surface area (Å²) in [6.45, 7) is 4.92. The molecule has 0 saturated carbocycles. The number of amides is 2. The van der Waals surface area contributed by atoms with Gasteiger partial charge in [0.1, 0.15) is 6.04 Å². The smallest absolute Gasteiger partial charge is 0.244 e. The zero-order valence-corrected chi connectivity index (χ0v) is 10.0. The van der Waals surface area contributed by atoms with Crippen LogP contribution in [0.15, 0.2) is 0 Å². The van der Waals surface area contributed by atoms with Crippen LogP contribution < -0.4 is 11.1 Å². The summed E-state index contributed by atoms with van der Waals surface area (Å²) in [4.78, 5) is 25.1. The number of hydrogen-bond donors (Lipinski definition) is 2. The van der Waals surface area contributed by atoms with Crippen LogP contribution in [0.1, 0.15) is 33.1 Å². The van der Waals surface area contributed by atoms with Gasteiger partial charge in [0.2, 0.25) is 11.8 Å². The number of likely N-dealkylation sites (tertiary alicyclic amines) is 1. The van der Waals surface area contributed by atoms with Crippen molar-refractivity contribution in [3.05, 3.63) is 0 Å². The third-order valence-electron chi connectivity index (χ3n) is 2.81. The van der Waals surface area contributed by atoms with E-state index in [1.165, 1.54) is 6.42 Å². The minimum absolute atomic E-state index is 0.00583. The number of nitrogens with zero attached hydrogens (tertiary/aromatic N) is 1. The number of nitrogens with two attached hydrogens (primary N) is 1. The van der Waals surface area contributed by atoms with Gasteiger partial charge in [0.15, 0.2) is 0 Å². The quantitative estimate of drug-likeness (QED) is 0.704. The predicted molar refractivity (Wildman–Crippen MR) is 61.7 cm³/mol. The van der Waals surface area contributed by atoms with Crippen LogP contribution in [0.2, 0.25) is 0 Å². The van der Waals surface area contributed by atoms with E-state index in [2.05, 4.69) is 5.32 Å². The maximum Gasteiger partial charge on any atom is 0.244 e. The van der Waals surface area contributed by atoms with Crippen LogP contribution in [-0.4, -0.2) is 41.9 Å². The molecule has 16 heavy (non-hydrogen) atoms. The minimum atomic E-state index is -0.573. The van der Waals surface area contributed by atoms with E-state index in [9.17, 15) is 9.59 Å². The van der Waals surface area contributed by atoms with Crippen molar-refractivity contribution in [2.45, 2.75) is 45.2 Å². The van der Waals surface area contributed by atoms with Crippen molar-refractivity contribution in [1.29, 1.82) is 0 Å². The first-order chi connectivity index (χ1) is 7.52. The summed E-state index contributed by atoms with van der Waals surface area (Å²) in [6, 6.07) is -1.05. The summed E-state index contributed by atoms with van der Waals surface area (Å²) in [5, 5.41) is 2.62. The molecule has 1 rings (SSSR count). The Kier molecular flexibility index (Phi) is 4.73. The fourth-order valence-electron chi connectivity index (χ4n) is 1.79. The number of nitrogens with one attached hydrogen (secondary N) is 1. The van der Waals surface area contributed by atoms with Crippen LogP contribution in [0.3, 0.4) is 0 Å². The molecule has 1 aliphatic heterocycles. The molecule has 0 unspecified atom stereocenters. The fourth-order valence-corrected chi connectivity index (χ4v) is 1.79. The Bertz CT molecular complexity index is 260. The van der Waals surface area contributed by atoms with Crippen molar-refractivity contribution in [1.82, 2.24) is 10.2 Å². The highest BCUT2D eigenvalue weighted by atomic mass is 16.2. The fraction of sp³-hybridized carbons (Fsp3) is 0.818. The first-order valence-electron chi connectivity index (χ1n) is 5.87. The molecule has 0 aromatic heterocycles. The number of piperidine rings is 1. The van der Waals surface area contributed by atoms with Crippen molar-refractivity contribution >= 4 is 11.8 Å². The zero-order chi connectivity index (χ0) is 12.1. The van der Waals surface area contributed by atoms with Crippen LogP contribution in [0.5, 0.6) is 0 Å². The van der Waals surface area contributed by atoms with E-state index in [1.807, 2.05) is 4.90 Å². The summed E-state index contributed by atoms with van der Waals surface area (Å²) in [6.07, 6.45) is 3.30. The van der Waals surface area contributed by atoms with Gasteiger partial charge in [-0.1, -0.05) is 0 Å². The normalized spacial score (nSPS) is 20.1. The largest absolute Gasteiger partial charge is 0.343 e. The van der Waals surface area contributed by atoms with Gasteiger partial charge in [-0.05, 0) is 33.1 Å². The maximum atomic E-state index is 11.9. The summed E-state index contributed by atoms with van der Waals surface area (Å²) in [5.74, 6) is -0.286. The van der Waals surface area contributed by atoms with Crippen LogP contribution in [-0.2, 0) is 9.59 Å². The SMILES string of the molecule is C[C@H](NC(=O)[C@@H](C)N)C(=O)N1CCCCC1. The monoisotopic (exact) mass is 227 g/mol. The first-order valence-corrected chi connectivity index (χ1v) is 5.87. The van der Waals surface area contributed by atoms with Gasteiger partial charge in [-0.2, -0.15) is 0 Å². The molecule has 0 aromatic rings. The first kappa shape index (κ1) is 13.0. The van der Waals surface area contributed by atoms with E-state index >= 15 is 0 Å². The van der Waals surface area contributed by atoms with Gasteiger partial charge in [0, 0.05) is 13.1 Å². The number of carbonyl (C=O) groups excluding carboxylic acids is 2. The van der Waals surface area contributed by atoms with Crippen molar-refractivity contribution in [3.63, 3.8) is 0 Å². The van der Waals surface area contributed by atoms with Gasteiger partial charge in [0.05, 0.1) is 6.04 Å². The molecule has 1 heterocycles. The molecule has 2 amide bonds. The molecule has 0 radical (unpaired) electrons. The second kappa shape index (κ2) is 5.84. The van der Waals surface area contributed by atoms with Crippen molar-refractivity contribution in [3.8, 4) is 0 Å². The highest BCUT2D eigenvalue weighted by Crippen LogP contribution is 2.09. The molecule has 1 aliphatic rings. The van der Waals surface area contributed by atoms with Crippen molar-refractivity contribution in [2.75, 3.05) is 13.1 Å². The molecule has 92 valence electrons. The molecule has 1 saturated heterocycles. The molecule has 2 atom stereocenters. The maximum absolute atomic E-state index is 11.9.